The fourth-order valence-electron chi connectivity index (χ4n) is 0.756. The predicted molar refractivity (Wildman–Crippen MR) is 31.9 cm³/mol. The molecule has 0 nitrogen and oxygen atoms in total. The summed E-state index contributed by atoms with van der Waals surface area (Å²) in [5, 5.41) is 0. The van der Waals surface area contributed by atoms with Crippen LogP contribution >= 0.6 is 0 Å². The van der Waals surface area contributed by atoms with Crippen LogP contribution in [0.15, 0.2) is 0 Å². The van der Waals surface area contributed by atoms with E-state index in [1.165, 1.54) is 25.7 Å². The number of hydrogen-bond acceptors (Lipinski definition) is 0. The molecular formula is C7H13. The van der Waals surface area contributed by atoms with Crippen molar-refractivity contribution in [3.05, 3.63) is 6.42 Å². The van der Waals surface area contributed by atoms with Crippen LogP contribution in [-0.4, -0.2) is 0 Å². The molecule has 0 saturated heterocycles. The largest absolute Gasteiger partial charge is 0.0651 e. The molecule has 1 fully saturated rings. The molecule has 0 aliphatic heterocycles. The van der Waals surface area contributed by atoms with Gasteiger partial charge in [-0.2, -0.15) is 0 Å². The molecule has 0 heteroatoms. The summed E-state index contributed by atoms with van der Waals surface area (Å²) in [6.07, 6.45) is 8.03. The lowest BCUT2D eigenvalue weighted by atomic mass is 10.2. The van der Waals surface area contributed by atoms with E-state index in [0.29, 0.717) is 0 Å². The fraction of sp³-hybridized carbons (Fsp3) is 0.857. The standard InChI is InChI=1S/C7H13/c1-2-3-4-7-5-6-7/h3,7H,2,4-6H2,1H3. The van der Waals surface area contributed by atoms with Gasteiger partial charge in [0.05, 0.1) is 0 Å². The highest BCUT2D eigenvalue weighted by Gasteiger charge is 2.19. The Bertz CT molecular complexity index is 44.0. The summed E-state index contributed by atoms with van der Waals surface area (Å²) in [4.78, 5) is 0. The van der Waals surface area contributed by atoms with Crippen LogP contribution in [0.5, 0.6) is 0 Å². The molecule has 0 bridgehead atoms. The van der Waals surface area contributed by atoms with Crippen molar-refractivity contribution >= 4 is 0 Å². The monoisotopic (exact) mass is 97.1 g/mol. The maximum Gasteiger partial charge on any atom is -0.0386 e. The Morgan fingerprint density at radius 2 is 2.29 bits per heavy atom. The van der Waals surface area contributed by atoms with Gasteiger partial charge in [0, 0.05) is 0 Å². The minimum absolute atomic E-state index is 1.10. The Balaban J connectivity index is 1.80. The van der Waals surface area contributed by atoms with Gasteiger partial charge in [0.25, 0.3) is 0 Å². The highest BCUT2D eigenvalue weighted by molar-refractivity contribution is 4.78. The van der Waals surface area contributed by atoms with Gasteiger partial charge in [-0.3, -0.25) is 0 Å². The van der Waals surface area contributed by atoms with Crippen LogP contribution in [0.25, 0.3) is 0 Å². The van der Waals surface area contributed by atoms with Crippen LogP contribution in [0.2, 0.25) is 0 Å². The van der Waals surface area contributed by atoms with E-state index in [1.54, 1.807) is 0 Å². The lowest BCUT2D eigenvalue weighted by Gasteiger charge is -1.88. The second kappa shape index (κ2) is 2.34. The topological polar surface area (TPSA) is 0 Å². The molecule has 0 unspecified atom stereocenters. The van der Waals surface area contributed by atoms with Gasteiger partial charge in [-0.1, -0.05) is 26.2 Å². The molecule has 1 saturated carbocycles. The molecule has 1 aliphatic rings. The molecule has 0 aromatic rings. The van der Waals surface area contributed by atoms with E-state index in [2.05, 4.69) is 13.3 Å². The van der Waals surface area contributed by atoms with Crippen molar-refractivity contribution in [3.8, 4) is 0 Å². The predicted octanol–water partition coefficient (Wildman–Crippen LogP) is 2.40. The van der Waals surface area contributed by atoms with E-state index in [1.807, 2.05) is 0 Å². The normalized spacial score (nSPS) is 20.1. The molecule has 0 aromatic carbocycles. The molecule has 1 rings (SSSR count). The summed E-state index contributed by atoms with van der Waals surface area (Å²) in [5.41, 5.74) is 0. The first-order chi connectivity index (χ1) is 3.43. The molecule has 1 aliphatic carbocycles. The molecule has 0 spiro atoms. The first-order valence-corrected chi connectivity index (χ1v) is 3.25. The Morgan fingerprint density at radius 1 is 1.57 bits per heavy atom. The summed E-state index contributed by atoms with van der Waals surface area (Å²) in [5.74, 6) is 1.10. The zero-order valence-electron chi connectivity index (χ0n) is 4.98. The van der Waals surface area contributed by atoms with Crippen molar-refractivity contribution in [2.75, 3.05) is 0 Å². The maximum atomic E-state index is 2.39. The van der Waals surface area contributed by atoms with Gasteiger partial charge >= 0.3 is 0 Å². The van der Waals surface area contributed by atoms with Gasteiger partial charge in [0.2, 0.25) is 0 Å². The third-order valence-corrected chi connectivity index (χ3v) is 1.49. The summed E-state index contributed by atoms with van der Waals surface area (Å²) in [7, 11) is 0. The van der Waals surface area contributed by atoms with E-state index in [4.69, 9.17) is 0 Å². The molecule has 0 atom stereocenters. The average Bonchev–Trinajstić information content (AvgIpc) is 2.42. The minimum atomic E-state index is 1.10. The first kappa shape index (κ1) is 5.14. The lowest BCUT2D eigenvalue weighted by molar-refractivity contribution is 0.782. The Morgan fingerprint density at radius 3 is 2.71 bits per heavy atom. The lowest BCUT2D eigenvalue weighted by Crippen LogP contribution is -1.74. The Hall–Kier alpha value is 0. The van der Waals surface area contributed by atoms with Crippen molar-refractivity contribution < 1.29 is 0 Å². The van der Waals surface area contributed by atoms with Crippen LogP contribution < -0.4 is 0 Å². The third kappa shape index (κ3) is 1.96. The molecule has 0 aromatic heterocycles. The fourth-order valence-corrected chi connectivity index (χ4v) is 0.756. The quantitative estimate of drug-likeness (QED) is 0.507. The van der Waals surface area contributed by atoms with Crippen LogP contribution in [0.1, 0.15) is 32.6 Å². The van der Waals surface area contributed by atoms with Gasteiger partial charge in [0.1, 0.15) is 0 Å². The van der Waals surface area contributed by atoms with Gasteiger partial charge in [-0.25, -0.2) is 0 Å². The highest BCUT2D eigenvalue weighted by atomic mass is 14.2. The van der Waals surface area contributed by atoms with Gasteiger partial charge < -0.3 is 0 Å². The van der Waals surface area contributed by atoms with Crippen LogP contribution in [0.3, 0.4) is 0 Å². The SMILES string of the molecule is CC[CH]CC1CC1. The maximum absolute atomic E-state index is 2.39. The van der Waals surface area contributed by atoms with Crippen LogP contribution in [0, 0.1) is 12.3 Å². The zero-order chi connectivity index (χ0) is 5.11. The van der Waals surface area contributed by atoms with E-state index in [9.17, 15) is 0 Å². The molecular weight excluding hydrogens is 84.1 g/mol. The van der Waals surface area contributed by atoms with E-state index >= 15 is 0 Å². The van der Waals surface area contributed by atoms with Crippen LogP contribution in [-0.2, 0) is 0 Å². The van der Waals surface area contributed by atoms with Gasteiger partial charge in [-0.15, -0.1) is 0 Å². The van der Waals surface area contributed by atoms with Crippen molar-refractivity contribution in [3.63, 3.8) is 0 Å². The first-order valence-electron chi connectivity index (χ1n) is 3.25. The zero-order valence-corrected chi connectivity index (χ0v) is 4.98. The summed E-state index contributed by atoms with van der Waals surface area (Å²) >= 11 is 0. The number of unbranched alkanes of at least 4 members (excludes halogenated alkanes) is 1. The molecule has 0 amide bonds. The van der Waals surface area contributed by atoms with E-state index in [-0.39, 0.29) is 0 Å². The molecule has 0 N–H and O–H groups in total. The second-order valence-corrected chi connectivity index (χ2v) is 2.38. The number of hydrogen-bond donors (Lipinski definition) is 0. The second-order valence-electron chi connectivity index (χ2n) is 2.38. The molecule has 0 heterocycles. The van der Waals surface area contributed by atoms with E-state index in [0.717, 1.165) is 5.92 Å². The summed E-state index contributed by atoms with van der Waals surface area (Å²) in [6.45, 7) is 2.21. The third-order valence-electron chi connectivity index (χ3n) is 1.49. The van der Waals surface area contributed by atoms with Crippen molar-refractivity contribution in [1.29, 1.82) is 0 Å². The van der Waals surface area contributed by atoms with Crippen molar-refractivity contribution in [1.82, 2.24) is 0 Å². The van der Waals surface area contributed by atoms with E-state index < -0.39 is 0 Å². The average molecular weight is 97.2 g/mol. The van der Waals surface area contributed by atoms with Gasteiger partial charge in [0.15, 0.2) is 0 Å². The Labute approximate surface area is 45.9 Å². The minimum Gasteiger partial charge on any atom is -0.0651 e. The molecule has 7 heavy (non-hydrogen) atoms. The summed E-state index contributed by atoms with van der Waals surface area (Å²) < 4.78 is 0. The summed E-state index contributed by atoms with van der Waals surface area (Å²) in [6, 6.07) is 0. The molecule has 1 radical (unpaired) electrons. The van der Waals surface area contributed by atoms with Crippen LogP contribution in [0.4, 0.5) is 0 Å². The highest BCUT2D eigenvalue weighted by Crippen LogP contribution is 2.33. The Kier molecular flexibility index (Phi) is 1.72. The van der Waals surface area contributed by atoms with Crippen molar-refractivity contribution in [2.24, 2.45) is 5.92 Å². The van der Waals surface area contributed by atoms with Crippen molar-refractivity contribution in [2.45, 2.75) is 32.6 Å². The number of rotatable bonds is 3. The van der Waals surface area contributed by atoms with Gasteiger partial charge in [-0.05, 0) is 18.8 Å². The molecule has 41 valence electrons. The smallest absolute Gasteiger partial charge is 0.0386 e.